The van der Waals surface area contributed by atoms with Crippen LogP contribution < -0.4 is 15.8 Å². The zero-order valence-corrected chi connectivity index (χ0v) is 33.2. The second-order valence-corrected chi connectivity index (χ2v) is 15.9. The van der Waals surface area contributed by atoms with Crippen molar-refractivity contribution in [3.63, 3.8) is 0 Å². The molecule has 0 unspecified atom stereocenters. The Kier molecular flexibility index (Phi) is 11.3. The molecule has 0 aliphatic heterocycles. The summed E-state index contributed by atoms with van der Waals surface area (Å²) >= 11 is 0. The highest BCUT2D eigenvalue weighted by molar-refractivity contribution is 6.59. The quantitative estimate of drug-likeness (QED) is 0.0448. The highest BCUT2D eigenvalue weighted by Crippen LogP contribution is 2.39. The van der Waals surface area contributed by atoms with E-state index < -0.39 is 14.2 Å². The Morgan fingerprint density at radius 3 is 1.61 bits per heavy atom. The third-order valence-electron chi connectivity index (χ3n) is 12.2. The summed E-state index contributed by atoms with van der Waals surface area (Å²) in [6, 6.07) is 54.6. The van der Waals surface area contributed by atoms with Crippen LogP contribution in [-0.2, 0) is 19.6 Å². The summed E-state index contributed by atoms with van der Waals surface area (Å²) in [4.78, 5) is 4.87. The van der Waals surface area contributed by atoms with Gasteiger partial charge in [0.15, 0.2) is 0 Å². The first-order chi connectivity index (χ1) is 28.9. The van der Waals surface area contributed by atoms with Crippen molar-refractivity contribution in [2.45, 2.75) is 45.3 Å². The van der Waals surface area contributed by atoms with Gasteiger partial charge in [0, 0.05) is 37.3 Å². The number of benzene rings is 9. The van der Waals surface area contributed by atoms with Gasteiger partial charge in [-0.2, -0.15) is 0 Å². The summed E-state index contributed by atoms with van der Waals surface area (Å²) in [6.07, 6.45) is 4.04. The molecular weight excluding hydrogens is 726 g/mol. The van der Waals surface area contributed by atoms with Crippen LogP contribution in [0.1, 0.15) is 42.4 Å². The summed E-state index contributed by atoms with van der Waals surface area (Å²) in [7, 11) is -3.07. The highest BCUT2D eigenvalue weighted by Gasteiger charge is 2.21. The van der Waals surface area contributed by atoms with Crippen molar-refractivity contribution in [3.05, 3.63) is 174 Å². The lowest BCUT2D eigenvalue weighted by atomic mass is 9.77. The molecule has 9 rings (SSSR count). The van der Waals surface area contributed by atoms with E-state index in [2.05, 4.69) is 119 Å². The monoisotopic (exact) mass is 774 g/mol. The molecule has 0 saturated carbocycles. The third-order valence-corrected chi connectivity index (χ3v) is 12.2. The second-order valence-electron chi connectivity index (χ2n) is 15.9. The molecule has 292 valence electrons. The number of nitrogens with zero attached hydrogens (tertiary/aromatic N) is 2. The molecule has 0 amide bonds. The maximum atomic E-state index is 10.3. The summed E-state index contributed by atoms with van der Waals surface area (Å²) in [6.45, 7) is 3.57. The summed E-state index contributed by atoms with van der Waals surface area (Å²) in [5.74, 6) is 0. The van der Waals surface area contributed by atoms with Crippen LogP contribution in [0.2, 0.25) is 0 Å². The van der Waals surface area contributed by atoms with E-state index in [0.29, 0.717) is 24.0 Å². The first-order valence-corrected chi connectivity index (χ1v) is 20.8. The van der Waals surface area contributed by atoms with Crippen LogP contribution in [0.25, 0.3) is 53.9 Å². The molecule has 9 aromatic rings. The van der Waals surface area contributed by atoms with Crippen molar-refractivity contribution < 1.29 is 20.1 Å². The zero-order chi connectivity index (χ0) is 40.3. The molecule has 0 aliphatic carbocycles. The summed E-state index contributed by atoms with van der Waals surface area (Å²) in [5.41, 5.74) is 5.31. The topological polar surface area (TPSA) is 87.4 Å². The fourth-order valence-electron chi connectivity index (χ4n) is 9.30. The zero-order valence-electron chi connectivity index (χ0n) is 33.2. The van der Waals surface area contributed by atoms with Gasteiger partial charge in [-0.25, -0.2) is 0 Å². The minimum absolute atomic E-state index is 0.532. The van der Waals surface area contributed by atoms with Crippen LogP contribution in [-0.4, -0.2) is 52.3 Å². The first-order valence-electron chi connectivity index (χ1n) is 20.8. The van der Waals surface area contributed by atoms with E-state index in [-0.39, 0.29) is 0 Å². The Bertz CT molecular complexity index is 2860. The number of fused-ring (bicyclic) bond motifs is 3. The second kappa shape index (κ2) is 17.2. The molecule has 59 heavy (non-hydrogen) atoms. The Balaban J connectivity index is 0.954. The van der Waals surface area contributed by atoms with Crippen molar-refractivity contribution in [2.75, 3.05) is 18.0 Å². The first kappa shape index (κ1) is 38.8. The molecule has 0 bridgehead atoms. The van der Waals surface area contributed by atoms with E-state index in [4.69, 9.17) is 0 Å². The van der Waals surface area contributed by atoms with Gasteiger partial charge in [-0.1, -0.05) is 158 Å². The van der Waals surface area contributed by atoms with Crippen LogP contribution in [0.3, 0.4) is 0 Å². The Hall–Kier alpha value is -5.73. The molecular formula is C51H48B2N2O4. The van der Waals surface area contributed by atoms with Gasteiger partial charge in [-0.15, -0.1) is 0 Å². The maximum Gasteiger partial charge on any atom is 0.488 e. The molecule has 0 saturated heterocycles. The van der Waals surface area contributed by atoms with Crippen LogP contribution in [0.15, 0.2) is 158 Å². The Labute approximate surface area is 346 Å². The predicted octanol–water partition coefficient (Wildman–Crippen LogP) is 8.52. The molecule has 0 aromatic heterocycles. The van der Waals surface area contributed by atoms with Crippen molar-refractivity contribution in [3.8, 4) is 0 Å². The average molecular weight is 775 g/mol. The van der Waals surface area contributed by atoms with E-state index in [9.17, 15) is 20.1 Å². The molecule has 0 radical (unpaired) electrons. The van der Waals surface area contributed by atoms with E-state index in [1.165, 1.54) is 59.4 Å². The average Bonchev–Trinajstić information content (AvgIpc) is 3.26. The Morgan fingerprint density at radius 1 is 0.373 bits per heavy atom. The molecule has 0 fully saturated rings. The number of unbranched alkanes of at least 4 members (excludes halogenated alkanes) is 3. The molecule has 0 spiro atoms. The van der Waals surface area contributed by atoms with Gasteiger partial charge in [0.25, 0.3) is 0 Å². The van der Waals surface area contributed by atoms with Crippen molar-refractivity contribution in [1.82, 2.24) is 4.90 Å². The minimum Gasteiger partial charge on any atom is -0.423 e. The van der Waals surface area contributed by atoms with E-state index in [1.807, 2.05) is 36.4 Å². The van der Waals surface area contributed by atoms with Gasteiger partial charge in [0.2, 0.25) is 0 Å². The van der Waals surface area contributed by atoms with Gasteiger partial charge in [-0.3, -0.25) is 4.90 Å². The van der Waals surface area contributed by atoms with Gasteiger partial charge in [-0.05, 0) is 108 Å². The van der Waals surface area contributed by atoms with E-state index >= 15 is 0 Å². The molecule has 4 N–H and O–H groups in total. The largest absolute Gasteiger partial charge is 0.488 e. The number of anilines is 1. The van der Waals surface area contributed by atoms with Crippen molar-refractivity contribution in [2.24, 2.45) is 0 Å². The predicted molar refractivity (Wildman–Crippen MR) is 248 cm³/mol. The van der Waals surface area contributed by atoms with Gasteiger partial charge in [0.1, 0.15) is 0 Å². The van der Waals surface area contributed by atoms with E-state index in [1.54, 1.807) is 12.1 Å². The molecule has 6 nitrogen and oxygen atoms in total. The lowest BCUT2D eigenvalue weighted by molar-refractivity contribution is 0.251. The Morgan fingerprint density at radius 2 is 0.898 bits per heavy atom. The highest BCUT2D eigenvalue weighted by atomic mass is 16.4. The standard InChI is InChI=1S/C51H48B2N2O4/c56-52(57)47-22-9-4-15-40(47)33-54(34-42-32-39-14-3-6-19-43(39)45-21-8-7-20-44(42)45)30-11-1-2-12-31-55(35-41-16-5-10-23-48(41)53(58)59)49-29-27-38-25-24-36-17-13-18-37-26-28-46(49)51(38)50(36)37/h3-10,13-29,32,56-59H,1-2,11-12,30-31,33-35H2. The number of hydrogen-bond donors (Lipinski definition) is 4. The normalized spacial score (nSPS) is 11.8. The molecule has 0 atom stereocenters. The van der Waals surface area contributed by atoms with Gasteiger partial charge >= 0.3 is 14.2 Å². The minimum atomic E-state index is -1.54. The van der Waals surface area contributed by atoms with Crippen molar-refractivity contribution >= 4 is 84.7 Å². The lowest BCUT2D eigenvalue weighted by Crippen LogP contribution is -2.36. The molecule has 8 heteroatoms. The fourth-order valence-corrected chi connectivity index (χ4v) is 9.30. The van der Waals surface area contributed by atoms with Crippen LogP contribution in [0.4, 0.5) is 5.69 Å². The maximum absolute atomic E-state index is 10.3. The lowest BCUT2D eigenvalue weighted by Gasteiger charge is -2.28. The number of hydrogen-bond acceptors (Lipinski definition) is 6. The van der Waals surface area contributed by atoms with E-state index in [0.717, 1.165) is 62.1 Å². The van der Waals surface area contributed by atoms with Crippen LogP contribution >= 0.6 is 0 Å². The smallest absolute Gasteiger partial charge is 0.423 e. The number of rotatable bonds is 16. The summed E-state index contributed by atoms with van der Waals surface area (Å²) < 4.78 is 0. The molecule has 9 aromatic carbocycles. The summed E-state index contributed by atoms with van der Waals surface area (Å²) in [5, 5.41) is 53.5. The van der Waals surface area contributed by atoms with Crippen LogP contribution in [0, 0.1) is 0 Å². The third kappa shape index (κ3) is 8.03. The fraction of sp³-hybridized carbons (Fsp3) is 0.176. The van der Waals surface area contributed by atoms with Gasteiger partial charge < -0.3 is 25.0 Å². The van der Waals surface area contributed by atoms with Crippen molar-refractivity contribution in [1.29, 1.82) is 0 Å². The molecule has 0 heterocycles. The van der Waals surface area contributed by atoms with Gasteiger partial charge in [0.05, 0.1) is 0 Å². The van der Waals surface area contributed by atoms with Crippen LogP contribution in [0.5, 0.6) is 0 Å². The molecule has 0 aliphatic rings. The SMILES string of the molecule is OB(O)c1ccccc1CN(CCCCCCN(Cc1ccccc1B(O)O)c1ccc2ccc3cccc4ccc1c2c34)Cc1cc2ccccc2c2ccccc12.